The standard InChI is InChI=1S/C17H23NO3/c1-12(2)21-15-7-3-5-13(9-15)17(19)16-10-18-8-4-6-14(18)11-20-16/h3,5,7,9,12,14,16H,4,6,8,10-11H2,1-2H3. The summed E-state index contributed by atoms with van der Waals surface area (Å²) in [6, 6.07) is 7.93. The number of hydrogen-bond acceptors (Lipinski definition) is 4. The molecule has 0 amide bonds. The van der Waals surface area contributed by atoms with Crippen LogP contribution in [0, 0.1) is 0 Å². The minimum Gasteiger partial charge on any atom is -0.491 e. The maximum Gasteiger partial charge on any atom is 0.193 e. The van der Waals surface area contributed by atoms with Gasteiger partial charge >= 0.3 is 0 Å². The SMILES string of the molecule is CC(C)Oc1cccc(C(=O)C2CN3CCCC3CO2)c1. The van der Waals surface area contributed by atoms with Crippen molar-refractivity contribution in [2.24, 2.45) is 0 Å². The van der Waals surface area contributed by atoms with Crippen LogP contribution in [0.2, 0.25) is 0 Å². The van der Waals surface area contributed by atoms with Crippen molar-refractivity contribution < 1.29 is 14.3 Å². The van der Waals surface area contributed by atoms with Crippen LogP contribution in [0.3, 0.4) is 0 Å². The molecular weight excluding hydrogens is 266 g/mol. The van der Waals surface area contributed by atoms with E-state index < -0.39 is 0 Å². The minimum absolute atomic E-state index is 0.0644. The van der Waals surface area contributed by atoms with Gasteiger partial charge in [-0.15, -0.1) is 0 Å². The Morgan fingerprint density at radius 1 is 1.43 bits per heavy atom. The van der Waals surface area contributed by atoms with Crippen LogP contribution in [0.5, 0.6) is 5.75 Å². The molecule has 0 saturated carbocycles. The Morgan fingerprint density at radius 3 is 3.10 bits per heavy atom. The predicted octanol–water partition coefficient (Wildman–Crippen LogP) is 2.52. The Hall–Kier alpha value is -1.39. The quantitative estimate of drug-likeness (QED) is 0.798. The number of fused-ring (bicyclic) bond motifs is 1. The lowest BCUT2D eigenvalue weighted by Gasteiger charge is -2.34. The molecule has 2 aliphatic heterocycles. The highest BCUT2D eigenvalue weighted by atomic mass is 16.5. The van der Waals surface area contributed by atoms with Gasteiger partial charge in [-0.3, -0.25) is 9.69 Å². The highest BCUT2D eigenvalue weighted by Gasteiger charge is 2.35. The number of carbonyl (C=O) groups is 1. The first kappa shape index (κ1) is 14.5. The summed E-state index contributed by atoms with van der Waals surface area (Å²) >= 11 is 0. The first-order chi connectivity index (χ1) is 10.1. The maximum atomic E-state index is 12.6. The molecule has 4 nitrogen and oxygen atoms in total. The smallest absolute Gasteiger partial charge is 0.193 e. The van der Waals surface area contributed by atoms with Gasteiger partial charge in [0.1, 0.15) is 11.9 Å². The highest BCUT2D eigenvalue weighted by Crippen LogP contribution is 2.25. The van der Waals surface area contributed by atoms with E-state index in [0.717, 1.165) is 18.8 Å². The summed E-state index contributed by atoms with van der Waals surface area (Å²) in [5.74, 6) is 0.806. The number of rotatable bonds is 4. The topological polar surface area (TPSA) is 38.8 Å². The van der Waals surface area contributed by atoms with E-state index >= 15 is 0 Å². The van der Waals surface area contributed by atoms with E-state index in [9.17, 15) is 4.79 Å². The lowest BCUT2D eigenvalue weighted by molar-refractivity contribution is -0.0344. The zero-order valence-corrected chi connectivity index (χ0v) is 12.7. The fourth-order valence-corrected chi connectivity index (χ4v) is 3.16. The van der Waals surface area contributed by atoms with E-state index in [1.54, 1.807) is 0 Å². The van der Waals surface area contributed by atoms with Gasteiger partial charge in [-0.05, 0) is 45.4 Å². The van der Waals surface area contributed by atoms with Crippen molar-refractivity contribution in [3.63, 3.8) is 0 Å². The Kier molecular flexibility index (Phi) is 4.27. The third-order valence-corrected chi connectivity index (χ3v) is 4.17. The zero-order valence-electron chi connectivity index (χ0n) is 12.7. The molecule has 2 fully saturated rings. The van der Waals surface area contributed by atoms with Crippen molar-refractivity contribution in [3.8, 4) is 5.75 Å². The van der Waals surface area contributed by atoms with Gasteiger partial charge in [0.05, 0.1) is 12.7 Å². The molecule has 4 heteroatoms. The number of nitrogens with zero attached hydrogens (tertiary/aromatic N) is 1. The monoisotopic (exact) mass is 289 g/mol. The number of ether oxygens (including phenoxy) is 2. The largest absolute Gasteiger partial charge is 0.491 e. The lowest BCUT2D eigenvalue weighted by atomic mass is 10.0. The zero-order chi connectivity index (χ0) is 14.8. The fourth-order valence-electron chi connectivity index (χ4n) is 3.16. The summed E-state index contributed by atoms with van der Waals surface area (Å²) in [7, 11) is 0. The van der Waals surface area contributed by atoms with Crippen LogP contribution in [0.15, 0.2) is 24.3 Å². The van der Waals surface area contributed by atoms with Gasteiger partial charge in [0.15, 0.2) is 5.78 Å². The third kappa shape index (κ3) is 3.27. The lowest BCUT2D eigenvalue weighted by Crippen LogP contribution is -2.49. The van der Waals surface area contributed by atoms with E-state index in [0.29, 0.717) is 18.2 Å². The Balaban J connectivity index is 1.70. The molecule has 0 N–H and O–H groups in total. The van der Waals surface area contributed by atoms with Gasteiger partial charge in [-0.1, -0.05) is 12.1 Å². The number of hydrogen-bond donors (Lipinski definition) is 0. The van der Waals surface area contributed by atoms with Crippen molar-refractivity contribution in [1.82, 2.24) is 4.90 Å². The molecule has 2 heterocycles. The average Bonchev–Trinajstić information content (AvgIpc) is 2.93. The Labute approximate surface area is 126 Å². The molecule has 3 rings (SSSR count). The van der Waals surface area contributed by atoms with Crippen molar-refractivity contribution in [2.45, 2.75) is 44.9 Å². The van der Waals surface area contributed by atoms with Crippen molar-refractivity contribution in [2.75, 3.05) is 19.7 Å². The van der Waals surface area contributed by atoms with Gasteiger partial charge < -0.3 is 9.47 Å². The Morgan fingerprint density at radius 2 is 2.29 bits per heavy atom. The number of benzene rings is 1. The van der Waals surface area contributed by atoms with Crippen LogP contribution >= 0.6 is 0 Å². The van der Waals surface area contributed by atoms with E-state index in [4.69, 9.17) is 9.47 Å². The second kappa shape index (κ2) is 6.16. The maximum absolute atomic E-state index is 12.6. The summed E-state index contributed by atoms with van der Waals surface area (Å²) in [6.07, 6.45) is 2.17. The van der Waals surface area contributed by atoms with Crippen LogP contribution < -0.4 is 4.74 Å². The highest BCUT2D eigenvalue weighted by molar-refractivity contribution is 6.00. The van der Waals surface area contributed by atoms with E-state index in [1.807, 2.05) is 38.1 Å². The molecule has 2 saturated heterocycles. The van der Waals surface area contributed by atoms with E-state index in [2.05, 4.69) is 4.90 Å². The molecule has 0 aliphatic carbocycles. The summed E-state index contributed by atoms with van der Waals surface area (Å²) in [5.41, 5.74) is 0.677. The number of morpholine rings is 1. The molecule has 0 bridgehead atoms. The fraction of sp³-hybridized carbons (Fsp3) is 0.588. The van der Waals surface area contributed by atoms with Gasteiger partial charge in [-0.2, -0.15) is 0 Å². The van der Waals surface area contributed by atoms with Gasteiger partial charge in [0, 0.05) is 18.2 Å². The van der Waals surface area contributed by atoms with Gasteiger partial charge in [0.25, 0.3) is 0 Å². The molecule has 0 aromatic heterocycles. The molecular formula is C17H23NO3. The molecule has 0 spiro atoms. The summed E-state index contributed by atoms with van der Waals surface area (Å²) in [6.45, 7) is 6.45. The van der Waals surface area contributed by atoms with Crippen molar-refractivity contribution in [3.05, 3.63) is 29.8 Å². The van der Waals surface area contributed by atoms with Crippen LogP contribution in [-0.4, -0.2) is 48.6 Å². The first-order valence-corrected chi connectivity index (χ1v) is 7.80. The molecule has 21 heavy (non-hydrogen) atoms. The summed E-state index contributed by atoms with van der Waals surface area (Å²) < 4.78 is 11.5. The number of ketones is 1. The Bertz CT molecular complexity index is 515. The van der Waals surface area contributed by atoms with E-state index in [1.165, 1.54) is 12.8 Å². The van der Waals surface area contributed by atoms with Crippen LogP contribution in [0.1, 0.15) is 37.0 Å². The van der Waals surface area contributed by atoms with E-state index in [-0.39, 0.29) is 18.0 Å². The summed E-state index contributed by atoms with van der Waals surface area (Å²) in [5, 5.41) is 0. The predicted molar refractivity (Wildman–Crippen MR) is 80.9 cm³/mol. The minimum atomic E-state index is -0.339. The number of carbonyl (C=O) groups excluding carboxylic acids is 1. The molecule has 2 aliphatic rings. The average molecular weight is 289 g/mol. The van der Waals surface area contributed by atoms with Gasteiger partial charge in [-0.25, -0.2) is 0 Å². The van der Waals surface area contributed by atoms with Crippen LogP contribution in [0.25, 0.3) is 0 Å². The van der Waals surface area contributed by atoms with Crippen LogP contribution in [0.4, 0.5) is 0 Å². The second-order valence-electron chi connectivity index (χ2n) is 6.17. The molecule has 1 aromatic carbocycles. The van der Waals surface area contributed by atoms with Crippen LogP contribution in [-0.2, 0) is 4.74 Å². The van der Waals surface area contributed by atoms with Crippen molar-refractivity contribution in [1.29, 1.82) is 0 Å². The third-order valence-electron chi connectivity index (χ3n) is 4.17. The first-order valence-electron chi connectivity index (χ1n) is 7.80. The summed E-state index contributed by atoms with van der Waals surface area (Å²) in [4.78, 5) is 15.0. The molecule has 1 aromatic rings. The molecule has 2 atom stereocenters. The molecule has 0 radical (unpaired) electrons. The molecule has 2 unspecified atom stereocenters. The van der Waals surface area contributed by atoms with Gasteiger partial charge in [0.2, 0.25) is 0 Å². The second-order valence-corrected chi connectivity index (χ2v) is 6.17. The normalized spacial score (nSPS) is 25.9. The molecule has 114 valence electrons. The number of Topliss-reactive ketones (excluding diaryl/α,β-unsaturated/α-hetero) is 1. The van der Waals surface area contributed by atoms with Crippen molar-refractivity contribution >= 4 is 5.78 Å².